The molecule has 26 heavy (non-hydrogen) atoms. The number of benzene rings is 2. The van der Waals surface area contributed by atoms with Gasteiger partial charge in [-0.3, -0.25) is 4.79 Å². The maximum Gasteiger partial charge on any atom is 0.416 e. The molecule has 0 N–H and O–H groups in total. The van der Waals surface area contributed by atoms with Crippen molar-refractivity contribution in [2.75, 3.05) is 7.11 Å². The van der Waals surface area contributed by atoms with Crippen LogP contribution < -0.4 is 4.74 Å². The Morgan fingerprint density at radius 2 is 2.00 bits per heavy atom. The van der Waals surface area contributed by atoms with Gasteiger partial charge in [-0.2, -0.15) is 13.2 Å². The Balaban J connectivity index is 1.85. The van der Waals surface area contributed by atoms with Crippen molar-refractivity contribution in [3.05, 3.63) is 47.0 Å². The number of esters is 1. The highest BCUT2D eigenvalue weighted by molar-refractivity contribution is 6.32. The van der Waals surface area contributed by atoms with E-state index in [4.69, 9.17) is 16.3 Å². The minimum atomic E-state index is -4.49. The Morgan fingerprint density at radius 3 is 2.65 bits per heavy atom. The standard InChI is InChI=1S/C16H11ClF3N3O3/c1-25-15(24)8-23-13-4-3-10(7-12(13)21-22-23)26-14-5-2-9(6-11(14)17)16(18,19)20/h2-7H,8H2,1H3. The number of methoxy groups -OCH3 is 1. The van der Waals surface area contributed by atoms with E-state index in [2.05, 4.69) is 15.0 Å². The summed E-state index contributed by atoms with van der Waals surface area (Å²) in [6.07, 6.45) is -4.49. The first-order valence-corrected chi connectivity index (χ1v) is 7.60. The van der Waals surface area contributed by atoms with E-state index in [0.717, 1.165) is 18.2 Å². The summed E-state index contributed by atoms with van der Waals surface area (Å²) < 4.78 is 49.5. The number of ether oxygens (including phenoxy) is 2. The third-order valence-corrected chi connectivity index (χ3v) is 3.77. The smallest absolute Gasteiger partial charge is 0.416 e. The molecule has 0 atom stereocenters. The van der Waals surface area contributed by atoms with Gasteiger partial charge in [-0.25, -0.2) is 4.68 Å². The lowest BCUT2D eigenvalue weighted by atomic mass is 10.2. The number of hydrogen-bond donors (Lipinski definition) is 0. The maximum absolute atomic E-state index is 12.7. The van der Waals surface area contributed by atoms with E-state index in [9.17, 15) is 18.0 Å². The molecule has 0 saturated carbocycles. The Bertz CT molecular complexity index is 972. The monoisotopic (exact) mass is 385 g/mol. The van der Waals surface area contributed by atoms with Gasteiger partial charge < -0.3 is 9.47 Å². The fourth-order valence-electron chi connectivity index (χ4n) is 2.21. The van der Waals surface area contributed by atoms with Crippen LogP contribution in [-0.4, -0.2) is 28.1 Å². The van der Waals surface area contributed by atoms with Crippen molar-refractivity contribution in [2.24, 2.45) is 0 Å². The number of carbonyl (C=O) groups is 1. The summed E-state index contributed by atoms with van der Waals surface area (Å²) in [7, 11) is 1.27. The average molecular weight is 386 g/mol. The zero-order valence-electron chi connectivity index (χ0n) is 13.2. The highest BCUT2D eigenvalue weighted by Gasteiger charge is 2.31. The van der Waals surface area contributed by atoms with Crippen LogP contribution >= 0.6 is 11.6 Å². The normalized spacial score (nSPS) is 11.6. The number of carbonyl (C=O) groups excluding carboxylic acids is 1. The molecular formula is C16H11ClF3N3O3. The summed E-state index contributed by atoms with van der Waals surface area (Å²) in [5.41, 5.74) is 0.145. The number of rotatable bonds is 4. The fourth-order valence-corrected chi connectivity index (χ4v) is 2.43. The summed E-state index contributed by atoms with van der Waals surface area (Å²) in [5, 5.41) is 7.60. The minimum Gasteiger partial charge on any atom is -0.468 e. The van der Waals surface area contributed by atoms with Crippen LogP contribution in [0.25, 0.3) is 11.0 Å². The first kappa shape index (κ1) is 18.0. The van der Waals surface area contributed by atoms with E-state index in [-0.39, 0.29) is 17.3 Å². The van der Waals surface area contributed by atoms with Gasteiger partial charge in [0.05, 0.1) is 23.2 Å². The van der Waals surface area contributed by atoms with Crippen LogP contribution in [-0.2, 0) is 22.3 Å². The predicted octanol–water partition coefficient (Wildman–Crippen LogP) is 4.07. The lowest BCUT2D eigenvalue weighted by molar-refractivity contribution is -0.141. The van der Waals surface area contributed by atoms with Gasteiger partial charge in [-0.15, -0.1) is 5.10 Å². The lowest BCUT2D eigenvalue weighted by Gasteiger charge is -2.11. The molecule has 136 valence electrons. The van der Waals surface area contributed by atoms with E-state index in [1.807, 2.05) is 0 Å². The van der Waals surface area contributed by atoms with E-state index in [1.165, 1.54) is 17.9 Å². The Labute approximate surface area is 150 Å². The van der Waals surface area contributed by atoms with E-state index >= 15 is 0 Å². The van der Waals surface area contributed by atoms with Gasteiger partial charge in [0.25, 0.3) is 0 Å². The number of aromatic nitrogens is 3. The van der Waals surface area contributed by atoms with Gasteiger partial charge in [-0.05, 0) is 30.3 Å². The zero-order chi connectivity index (χ0) is 18.9. The SMILES string of the molecule is COC(=O)Cn1nnc2cc(Oc3ccc(C(F)(F)F)cc3Cl)ccc21. The van der Waals surface area contributed by atoms with E-state index < -0.39 is 17.7 Å². The molecule has 0 saturated heterocycles. The molecule has 0 aliphatic carbocycles. The average Bonchev–Trinajstić information content (AvgIpc) is 2.97. The largest absolute Gasteiger partial charge is 0.468 e. The second kappa shape index (κ2) is 6.83. The van der Waals surface area contributed by atoms with Crippen molar-refractivity contribution in [3.63, 3.8) is 0 Å². The first-order valence-electron chi connectivity index (χ1n) is 7.22. The lowest BCUT2D eigenvalue weighted by Crippen LogP contribution is -2.12. The summed E-state index contributed by atoms with van der Waals surface area (Å²) in [6, 6.07) is 7.53. The first-order chi connectivity index (χ1) is 12.3. The fraction of sp³-hybridized carbons (Fsp3) is 0.188. The van der Waals surface area contributed by atoms with Crippen molar-refractivity contribution >= 4 is 28.6 Å². The van der Waals surface area contributed by atoms with Gasteiger partial charge in [0.1, 0.15) is 23.6 Å². The Kier molecular flexibility index (Phi) is 4.73. The second-order valence-electron chi connectivity index (χ2n) is 5.22. The minimum absolute atomic E-state index is 0.0703. The van der Waals surface area contributed by atoms with Gasteiger partial charge >= 0.3 is 12.1 Å². The molecule has 0 spiro atoms. The molecule has 0 bridgehead atoms. The molecule has 0 aliphatic heterocycles. The molecular weight excluding hydrogens is 375 g/mol. The molecule has 1 heterocycles. The van der Waals surface area contributed by atoms with Crippen molar-refractivity contribution in [1.29, 1.82) is 0 Å². The molecule has 0 unspecified atom stereocenters. The molecule has 2 aromatic carbocycles. The molecule has 1 aromatic heterocycles. The zero-order valence-corrected chi connectivity index (χ0v) is 14.0. The molecule has 0 aliphatic rings. The van der Waals surface area contributed by atoms with Crippen LogP contribution in [0, 0.1) is 0 Å². The number of fused-ring (bicyclic) bond motifs is 1. The number of nitrogens with zero attached hydrogens (tertiary/aromatic N) is 3. The number of hydrogen-bond acceptors (Lipinski definition) is 5. The highest BCUT2D eigenvalue weighted by Crippen LogP contribution is 2.36. The molecule has 6 nitrogen and oxygen atoms in total. The highest BCUT2D eigenvalue weighted by atomic mass is 35.5. The molecule has 0 radical (unpaired) electrons. The van der Waals surface area contributed by atoms with Crippen LogP contribution in [0.5, 0.6) is 11.5 Å². The quantitative estimate of drug-likeness (QED) is 0.633. The second-order valence-corrected chi connectivity index (χ2v) is 5.63. The van der Waals surface area contributed by atoms with Crippen LogP contribution in [0.2, 0.25) is 5.02 Å². The van der Waals surface area contributed by atoms with Gasteiger partial charge in [0, 0.05) is 6.07 Å². The summed E-state index contributed by atoms with van der Waals surface area (Å²) >= 11 is 5.87. The van der Waals surface area contributed by atoms with E-state index in [1.54, 1.807) is 12.1 Å². The number of alkyl halides is 3. The third kappa shape index (κ3) is 3.72. The van der Waals surface area contributed by atoms with Crippen molar-refractivity contribution < 1.29 is 27.4 Å². The third-order valence-electron chi connectivity index (χ3n) is 3.48. The van der Waals surface area contributed by atoms with E-state index in [0.29, 0.717) is 16.8 Å². The van der Waals surface area contributed by atoms with Crippen molar-refractivity contribution in [2.45, 2.75) is 12.7 Å². The summed E-state index contributed by atoms with van der Waals surface area (Å²) in [6.45, 7) is -0.0993. The molecule has 3 rings (SSSR count). The molecule has 0 fully saturated rings. The van der Waals surface area contributed by atoms with Crippen molar-refractivity contribution in [1.82, 2.24) is 15.0 Å². The van der Waals surface area contributed by atoms with Gasteiger partial charge in [-0.1, -0.05) is 16.8 Å². The number of halogens is 4. The molecule has 10 heteroatoms. The maximum atomic E-state index is 12.7. The van der Waals surface area contributed by atoms with Crippen LogP contribution in [0.3, 0.4) is 0 Å². The Morgan fingerprint density at radius 1 is 1.23 bits per heavy atom. The van der Waals surface area contributed by atoms with Gasteiger partial charge in [0.2, 0.25) is 0 Å². The Hall–Kier alpha value is -2.81. The van der Waals surface area contributed by atoms with Gasteiger partial charge in [0.15, 0.2) is 0 Å². The summed E-state index contributed by atoms with van der Waals surface area (Å²) in [5.74, 6) is -0.0982. The molecule has 0 amide bonds. The van der Waals surface area contributed by atoms with Crippen molar-refractivity contribution in [3.8, 4) is 11.5 Å². The predicted molar refractivity (Wildman–Crippen MR) is 86.1 cm³/mol. The topological polar surface area (TPSA) is 66.2 Å². The van der Waals surface area contributed by atoms with Crippen LogP contribution in [0.4, 0.5) is 13.2 Å². The molecule has 3 aromatic rings. The summed E-state index contributed by atoms with van der Waals surface area (Å²) in [4.78, 5) is 11.3. The van der Waals surface area contributed by atoms with Crippen LogP contribution in [0.1, 0.15) is 5.56 Å². The van der Waals surface area contributed by atoms with Crippen LogP contribution in [0.15, 0.2) is 36.4 Å².